The van der Waals surface area contributed by atoms with E-state index in [-0.39, 0.29) is 11.9 Å². The number of rotatable bonds is 0. The van der Waals surface area contributed by atoms with Crippen LogP contribution in [0.3, 0.4) is 0 Å². The molecule has 0 fully saturated rings. The number of halogens is 1. The van der Waals surface area contributed by atoms with Gasteiger partial charge in [0.15, 0.2) is 0 Å². The fraction of sp³-hybridized carbons (Fsp3) is 0.455. The average molecular weight is 179 g/mol. The molecule has 2 rings (SSSR count). The number of fused-ring (bicyclic) bond motifs is 1. The van der Waals surface area contributed by atoms with Crippen LogP contribution in [0.1, 0.15) is 35.6 Å². The Morgan fingerprint density at radius 1 is 1.46 bits per heavy atom. The molecule has 0 saturated heterocycles. The Hall–Kier alpha value is -0.890. The molecule has 1 nitrogen and oxygen atoms in total. The van der Waals surface area contributed by atoms with Gasteiger partial charge >= 0.3 is 0 Å². The number of aryl methyl sites for hydroxylation is 1. The van der Waals surface area contributed by atoms with Gasteiger partial charge in [0, 0.05) is 6.04 Å². The first kappa shape index (κ1) is 8.70. The van der Waals surface area contributed by atoms with E-state index in [4.69, 9.17) is 5.73 Å². The Balaban J connectivity index is 2.56. The van der Waals surface area contributed by atoms with E-state index in [1.165, 1.54) is 0 Å². The summed E-state index contributed by atoms with van der Waals surface area (Å²) in [7, 11) is 0. The van der Waals surface area contributed by atoms with Crippen LogP contribution in [-0.4, -0.2) is 0 Å². The molecule has 13 heavy (non-hydrogen) atoms. The second-order valence-corrected chi connectivity index (χ2v) is 3.81. The first-order valence-corrected chi connectivity index (χ1v) is 4.73. The van der Waals surface area contributed by atoms with E-state index in [0.717, 1.165) is 36.0 Å². The molecule has 1 aliphatic rings. The molecule has 0 spiro atoms. The largest absolute Gasteiger partial charge is 0.324 e. The van der Waals surface area contributed by atoms with Gasteiger partial charge in [0.05, 0.1) is 0 Å². The molecule has 2 N–H and O–H groups in total. The van der Waals surface area contributed by atoms with Crippen molar-refractivity contribution in [3.63, 3.8) is 0 Å². The minimum Gasteiger partial charge on any atom is -0.324 e. The minimum absolute atomic E-state index is 0.0400. The van der Waals surface area contributed by atoms with E-state index < -0.39 is 0 Å². The van der Waals surface area contributed by atoms with Gasteiger partial charge in [-0.1, -0.05) is 6.07 Å². The summed E-state index contributed by atoms with van der Waals surface area (Å²) in [6.45, 7) is 1.91. The maximum atomic E-state index is 13.4. The molecule has 2 heteroatoms. The fourth-order valence-corrected chi connectivity index (χ4v) is 2.05. The summed E-state index contributed by atoms with van der Waals surface area (Å²) in [6, 6.07) is 3.65. The van der Waals surface area contributed by atoms with Gasteiger partial charge in [-0.15, -0.1) is 0 Å². The van der Waals surface area contributed by atoms with Crippen molar-refractivity contribution >= 4 is 0 Å². The van der Waals surface area contributed by atoms with Crippen LogP contribution in [0.4, 0.5) is 4.39 Å². The van der Waals surface area contributed by atoms with Crippen LogP contribution >= 0.6 is 0 Å². The summed E-state index contributed by atoms with van der Waals surface area (Å²) in [5, 5.41) is 0. The highest BCUT2D eigenvalue weighted by Crippen LogP contribution is 2.30. The second kappa shape index (κ2) is 3.11. The lowest BCUT2D eigenvalue weighted by Crippen LogP contribution is -2.18. The summed E-state index contributed by atoms with van der Waals surface area (Å²) in [6.07, 6.45) is 2.83. The summed E-state index contributed by atoms with van der Waals surface area (Å²) in [5.74, 6) is -0.0786. The third kappa shape index (κ3) is 1.46. The zero-order valence-electron chi connectivity index (χ0n) is 7.81. The molecular weight excluding hydrogens is 165 g/mol. The van der Waals surface area contributed by atoms with Gasteiger partial charge < -0.3 is 5.73 Å². The van der Waals surface area contributed by atoms with E-state index in [1.807, 2.05) is 13.0 Å². The van der Waals surface area contributed by atoms with Crippen molar-refractivity contribution in [3.8, 4) is 0 Å². The predicted octanol–water partition coefficient (Wildman–Crippen LogP) is 2.47. The van der Waals surface area contributed by atoms with Crippen LogP contribution < -0.4 is 5.73 Å². The lowest BCUT2D eigenvalue weighted by Gasteiger charge is -2.23. The van der Waals surface area contributed by atoms with Crippen LogP contribution in [-0.2, 0) is 6.42 Å². The first-order valence-electron chi connectivity index (χ1n) is 4.73. The molecule has 0 amide bonds. The fourth-order valence-electron chi connectivity index (χ4n) is 2.05. The molecule has 0 saturated carbocycles. The van der Waals surface area contributed by atoms with Crippen molar-refractivity contribution in [2.45, 2.75) is 32.2 Å². The molecule has 1 aliphatic carbocycles. The van der Waals surface area contributed by atoms with Crippen molar-refractivity contribution in [3.05, 3.63) is 34.6 Å². The molecule has 0 radical (unpaired) electrons. The Morgan fingerprint density at radius 2 is 2.23 bits per heavy atom. The van der Waals surface area contributed by atoms with Crippen LogP contribution in [0, 0.1) is 12.7 Å². The maximum Gasteiger partial charge on any atom is 0.126 e. The molecule has 1 aromatic carbocycles. The molecular formula is C11H14FN. The van der Waals surface area contributed by atoms with Crippen LogP contribution in [0.5, 0.6) is 0 Å². The van der Waals surface area contributed by atoms with Crippen molar-refractivity contribution in [2.24, 2.45) is 5.73 Å². The van der Waals surface area contributed by atoms with Crippen LogP contribution in [0.15, 0.2) is 12.1 Å². The Morgan fingerprint density at radius 3 is 3.00 bits per heavy atom. The van der Waals surface area contributed by atoms with Gasteiger partial charge in [-0.05, 0) is 48.9 Å². The Labute approximate surface area is 77.8 Å². The summed E-state index contributed by atoms with van der Waals surface area (Å²) in [4.78, 5) is 0. The lowest BCUT2D eigenvalue weighted by molar-refractivity contribution is 0.530. The SMILES string of the molecule is Cc1cc(F)c2c(c1)[C@@H](N)CCC2. The van der Waals surface area contributed by atoms with Crippen molar-refractivity contribution in [1.29, 1.82) is 0 Å². The molecule has 0 aromatic heterocycles. The first-order chi connectivity index (χ1) is 6.18. The van der Waals surface area contributed by atoms with E-state index in [0.29, 0.717) is 0 Å². The number of benzene rings is 1. The van der Waals surface area contributed by atoms with Gasteiger partial charge in [0.25, 0.3) is 0 Å². The quantitative estimate of drug-likeness (QED) is 0.650. The van der Waals surface area contributed by atoms with Gasteiger partial charge in [-0.2, -0.15) is 0 Å². The zero-order valence-corrected chi connectivity index (χ0v) is 7.81. The highest BCUT2D eigenvalue weighted by Gasteiger charge is 2.19. The normalized spacial score (nSPS) is 21.3. The predicted molar refractivity (Wildman–Crippen MR) is 51.0 cm³/mol. The summed E-state index contributed by atoms with van der Waals surface area (Å²) >= 11 is 0. The summed E-state index contributed by atoms with van der Waals surface area (Å²) < 4.78 is 13.4. The third-order valence-corrected chi connectivity index (χ3v) is 2.72. The van der Waals surface area contributed by atoms with Crippen molar-refractivity contribution in [1.82, 2.24) is 0 Å². The topological polar surface area (TPSA) is 26.0 Å². The van der Waals surface area contributed by atoms with Gasteiger partial charge in [0.1, 0.15) is 5.82 Å². The van der Waals surface area contributed by atoms with Crippen molar-refractivity contribution < 1.29 is 4.39 Å². The number of hydrogen-bond acceptors (Lipinski definition) is 1. The van der Waals surface area contributed by atoms with Gasteiger partial charge in [-0.3, -0.25) is 0 Å². The molecule has 0 bridgehead atoms. The van der Waals surface area contributed by atoms with Crippen LogP contribution in [0.25, 0.3) is 0 Å². The minimum atomic E-state index is -0.0786. The third-order valence-electron chi connectivity index (χ3n) is 2.72. The maximum absolute atomic E-state index is 13.4. The molecule has 0 unspecified atom stereocenters. The standard InChI is InChI=1S/C11H14FN/c1-7-5-9-8(10(12)6-7)3-2-4-11(9)13/h5-6,11H,2-4,13H2,1H3/t11-/m0/s1. The van der Waals surface area contributed by atoms with Gasteiger partial charge in [0.2, 0.25) is 0 Å². The Bertz CT molecular complexity index is 333. The Kier molecular flexibility index (Phi) is 2.08. The van der Waals surface area contributed by atoms with E-state index in [9.17, 15) is 4.39 Å². The van der Waals surface area contributed by atoms with E-state index >= 15 is 0 Å². The highest BCUT2D eigenvalue weighted by atomic mass is 19.1. The van der Waals surface area contributed by atoms with E-state index in [2.05, 4.69) is 0 Å². The average Bonchev–Trinajstić information content (AvgIpc) is 2.07. The molecule has 0 heterocycles. The summed E-state index contributed by atoms with van der Waals surface area (Å²) in [5.41, 5.74) is 8.74. The van der Waals surface area contributed by atoms with Crippen LogP contribution in [0.2, 0.25) is 0 Å². The molecule has 70 valence electrons. The monoisotopic (exact) mass is 179 g/mol. The van der Waals surface area contributed by atoms with Crippen molar-refractivity contribution in [2.75, 3.05) is 0 Å². The molecule has 1 aromatic rings. The molecule has 0 aliphatic heterocycles. The smallest absolute Gasteiger partial charge is 0.126 e. The van der Waals surface area contributed by atoms with E-state index in [1.54, 1.807) is 6.07 Å². The number of hydrogen-bond donors (Lipinski definition) is 1. The second-order valence-electron chi connectivity index (χ2n) is 3.81. The number of nitrogens with two attached hydrogens (primary N) is 1. The lowest BCUT2D eigenvalue weighted by atomic mass is 9.87. The molecule has 1 atom stereocenters. The zero-order chi connectivity index (χ0) is 9.42. The highest BCUT2D eigenvalue weighted by molar-refractivity contribution is 5.36. The van der Waals surface area contributed by atoms with Gasteiger partial charge in [-0.25, -0.2) is 4.39 Å².